The van der Waals surface area contributed by atoms with E-state index in [2.05, 4.69) is 61.7 Å². The summed E-state index contributed by atoms with van der Waals surface area (Å²) in [6, 6.07) is 10.4. The van der Waals surface area contributed by atoms with Gasteiger partial charge in [-0.2, -0.15) is 5.10 Å². The average molecular weight is 534 g/mol. The van der Waals surface area contributed by atoms with Gasteiger partial charge in [0, 0.05) is 38.4 Å². The lowest BCUT2D eigenvalue weighted by atomic mass is 10.1. The predicted octanol–water partition coefficient (Wildman–Crippen LogP) is 3.11. The second-order valence-corrected chi connectivity index (χ2v) is 7.48. The third kappa shape index (κ3) is 6.28. The Morgan fingerprint density at radius 3 is 2.74 bits per heavy atom. The maximum atomic E-state index is 4.73. The summed E-state index contributed by atoms with van der Waals surface area (Å²) < 4.78 is 4.12. The van der Waals surface area contributed by atoms with Gasteiger partial charge in [0.1, 0.15) is 12.4 Å². The van der Waals surface area contributed by atoms with Gasteiger partial charge in [0.05, 0.1) is 5.69 Å². The summed E-state index contributed by atoms with van der Waals surface area (Å²) in [6.07, 6.45) is 9.34. The van der Waals surface area contributed by atoms with Gasteiger partial charge in [0.25, 0.3) is 0 Å². The van der Waals surface area contributed by atoms with Gasteiger partial charge in [0.15, 0.2) is 11.8 Å². The standard InChI is InChI=1S/C22H30N8.HI/c1-2-23-22(25-17-21-28-27-20-7-4-3-5-15-29(20)21)24-14-12-18-8-10-19(11-9-18)30-16-6-13-26-30;/h6,8-11,13,16H,2-5,7,12,14-15,17H2,1H3,(H2,23,24,25);1H. The van der Waals surface area contributed by atoms with Crippen LogP contribution in [-0.4, -0.2) is 43.6 Å². The Hall–Kier alpha value is -2.43. The van der Waals surface area contributed by atoms with Gasteiger partial charge >= 0.3 is 0 Å². The highest BCUT2D eigenvalue weighted by atomic mass is 127. The van der Waals surface area contributed by atoms with Crippen molar-refractivity contribution in [2.24, 2.45) is 4.99 Å². The van der Waals surface area contributed by atoms with Crippen LogP contribution in [0.15, 0.2) is 47.7 Å². The zero-order chi connectivity index (χ0) is 20.6. The fourth-order valence-corrected chi connectivity index (χ4v) is 3.72. The molecular formula is C22H31IN8. The molecule has 0 fully saturated rings. The number of nitrogens with zero attached hydrogens (tertiary/aromatic N) is 6. The molecule has 2 aromatic heterocycles. The zero-order valence-electron chi connectivity index (χ0n) is 18.0. The van der Waals surface area contributed by atoms with Crippen molar-refractivity contribution in [1.82, 2.24) is 35.2 Å². The molecule has 3 aromatic rings. The minimum atomic E-state index is 0. The summed E-state index contributed by atoms with van der Waals surface area (Å²) in [5.74, 6) is 2.88. The van der Waals surface area contributed by atoms with Crippen molar-refractivity contribution in [1.29, 1.82) is 0 Å². The monoisotopic (exact) mass is 534 g/mol. The second kappa shape index (κ2) is 11.8. The van der Waals surface area contributed by atoms with Crippen molar-refractivity contribution in [2.45, 2.75) is 52.1 Å². The summed E-state index contributed by atoms with van der Waals surface area (Å²) in [7, 11) is 0. The molecule has 31 heavy (non-hydrogen) atoms. The first-order valence-corrected chi connectivity index (χ1v) is 10.9. The zero-order valence-corrected chi connectivity index (χ0v) is 20.3. The number of nitrogens with one attached hydrogen (secondary N) is 2. The summed E-state index contributed by atoms with van der Waals surface area (Å²) >= 11 is 0. The molecule has 0 saturated heterocycles. The van der Waals surface area contributed by atoms with Gasteiger partial charge < -0.3 is 15.2 Å². The molecule has 8 nitrogen and oxygen atoms in total. The lowest BCUT2D eigenvalue weighted by Crippen LogP contribution is -2.38. The highest BCUT2D eigenvalue weighted by Gasteiger charge is 2.14. The first kappa shape index (κ1) is 23.2. The summed E-state index contributed by atoms with van der Waals surface area (Å²) in [4.78, 5) is 4.73. The molecule has 0 bridgehead atoms. The van der Waals surface area contributed by atoms with Crippen LogP contribution in [-0.2, 0) is 25.9 Å². The van der Waals surface area contributed by atoms with Crippen molar-refractivity contribution < 1.29 is 0 Å². The number of guanidine groups is 1. The van der Waals surface area contributed by atoms with Crippen molar-refractivity contribution in [3.63, 3.8) is 0 Å². The van der Waals surface area contributed by atoms with Crippen LogP contribution < -0.4 is 10.6 Å². The van der Waals surface area contributed by atoms with E-state index in [0.717, 1.165) is 55.8 Å². The number of aromatic nitrogens is 5. The van der Waals surface area contributed by atoms with E-state index in [1.807, 2.05) is 16.9 Å². The lowest BCUT2D eigenvalue weighted by Gasteiger charge is -2.12. The Morgan fingerprint density at radius 2 is 1.97 bits per heavy atom. The second-order valence-electron chi connectivity index (χ2n) is 7.48. The third-order valence-corrected chi connectivity index (χ3v) is 5.32. The summed E-state index contributed by atoms with van der Waals surface area (Å²) in [6.45, 7) is 5.26. The Balaban J connectivity index is 0.00000272. The smallest absolute Gasteiger partial charge is 0.191 e. The molecule has 2 N–H and O–H groups in total. The van der Waals surface area contributed by atoms with Crippen molar-refractivity contribution in [2.75, 3.05) is 13.1 Å². The predicted molar refractivity (Wildman–Crippen MR) is 133 cm³/mol. The Morgan fingerprint density at radius 1 is 1.10 bits per heavy atom. The maximum Gasteiger partial charge on any atom is 0.191 e. The number of aliphatic imine (C=N–C) groups is 1. The third-order valence-electron chi connectivity index (χ3n) is 5.32. The van der Waals surface area contributed by atoms with Gasteiger partial charge in [-0.05, 0) is 49.9 Å². The van der Waals surface area contributed by atoms with Crippen LogP contribution in [0, 0.1) is 0 Å². The molecule has 1 aliphatic heterocycles. The Kier molecular flexibility index (Phi) is 8.86. The maximum absolute atomic E-state index is 4.73. The molecule has 0 amide bonds. The molecule has 3 heterocycles. The number of rotatable bonds is 7. The molecule has 1 aromatic carbocycles. The van der Waals surface area contributed by atoms with Crippen LogP contribution >= 0.6 is 24.0 Å². The van der Waals surface area contributed by atoms with E-state index < -0.39 is 0 Å². The largest absolute Gasteiger partial charge is 0.357 e. The number of halogens is 1. The van der Waals surface area contributed by atoms with Crippen LogP contribution in [0.5, 0.6) is 0 Å². The fourth-order valence-electron chi connectivity index (χ4n) is 3.72. The minimum absolute atomic E-state index is 0. The normalized spacial score (nSPS) is 13.8. The SMILES string of the molecule is CCNC(=NCc1nnc2n1CCCCC2)NCCc1ccc(-n2cccn2)cc1.I. The number of benzene rings is 1. The van der Waals surface area contributed by atoms with Gasteiger partial charge in [-0.3, -0.25) is 0 Å². The fraction of sp³-hybridized carbons (Fsp3) is 0.455. The van der Waals surface area contributed by atoms with Crippen LogP contribution in [0.4, 0.5) is 0 Å². The molecule has 0 spiro atoms. The first-order chi connectivity index (χ1) is 14.8. The van der Waals surface area contributed by atoms with Gasteiger partial charge in [-0.1, -0.05) is 18.6 Å². The van der Waals surface area contributed by atoms with Crippen molar-refractivity contribution in [3.8, 4) is 5.69 Å². The highest BCUT2D eigenvalue weighted by molar-refractivity contribution is 14.0. The topological polar surface area (TPSA) is 85.0 Å². The molecular weight excluding hydrogens is 503 g/mol. The van der Waals surface area contributed by atoms with Crippen LogP contribution in [0.25, 0.3) is 5.69 Å². The van der Waals surface area contributed by atoms with E-state index in [1.165, 1.54) is 24.8 Å². The molecule has 1 aliphatic rings. The Labute approximate surface area is 200 Å². The van der Waals surface area contributed by atoms with E-state index in [4.69, 9.17) is 4.99 Å². The number of hydrogen-bond acceptors (Lipinski definition) is 4. The van der Waals surface area contributed by atoms with E-state index in [-0.39, 0.29) is 24.0 Å². The van der Waals surface area contributed by atoms with E-state index >= 15 is 0 Å². The quantitative estimate of drug-likeness (QED) is 0.277. The molecule has 9 heteroatoms. The van der Waals surface area contributed by atoms with Crippen LogP contribution in [0.3, 0.4) is 0 Å². The highest BCUT2D eigenvalue weighted by Crippen LogP contribution is 2.15. The van der Waals surface area contributed by atoms with Crippen molar-refractivity contribution in [3.05, 3.63) is 59.9 Å². The van der Waals surface area contributed by atoms with Gasteiger partial charge in [0.2, 0.25) is 0 Å². The van der Waals surface area contributed by atoms with Crippen LogP contribution in [0.2, 0.25) is 0 Å². The molecule has 0 unspecified atom stereocenters. The Bertz CT molecular complexity index is 947. The molecule has 4 rings (SSSR count). The summed E-state index contributed by atoms with van der Waals surface area (Å²) in [5.41, 5.74) is 2.34. The number of aryl methyl sites for hydroxylation is 1. The van der Waals surface area contributed by atoms with Crippen LogP contribution in [0.1, 0.15) is 43.4 Å². The first-order valence-electron chi connectivity index (χ1n) is 10.9. The van der Waals surface area contributed by atoms with E-state index in [1.54, 1.807) is 6.20 Å². The average Bonchev–Trinajstić information content (AvgIpc) is 3.38. The van der Waals surface area contributed by atoms with Crippen molar-refractivity contribution >= 4 is 29.9 Å². The molecule has 0 atom stereocenters. The molecule has 166 valence electrons. The number of fused-ring (bicyclic) bond motifs is 1. The molecule has 0 aliphatic carbocycles. The summed E-state index contributed by atoms with van der Waals surface area (Å²) in [5, 5.41) is 19.8. The van der Waals surface area contributed by atoms with E-state index in [9.17, 15) is 0 Å². The lowest BCUT2D eigenvalue weighted by molar-refractivity contribution is 0.605. The van der Waals surface area contributed by atoms with E-state index in [0.29, 0.717) is 6.54 Å². The van der Waals surface area contributed by atoms with Gasteiger partial charge in [-0.25, -0.2) is 9.67 Å². The minimum Gasteiger partial charge on any atom is -0.357 e. The molecule has 0 radical (unpaired) electrons. The molecule has 0 saturated carbocycles. The van der Waals surface area contributed by atoms with Gasteiger partial charge in [-0.15, -0.1) is 34.2 Å². The number of hydrogen-bond donors (Lipinski definition) is 2.